The Morgan fingerprint density at radius 2 is 0.661 bits per heavy atom. The van der Waals surface area contributed by atoms with E-state index >= 15 is 0 Å². The van der Waals surface area contributed by atoms with E-state index in [1.165, 1.54) is 212 Å². The van der Waals surface area contributed by atoms with Gasteiger partial charge in [-0.3, -0.25) is 0 Å². The summed E-state index contributed by atoms with van der Waals surface area (Å²) >= 11 is 0. The fraction of sp³-hybridized carbons (Fsp3) is 1.00. The average molecular weight is 1810 g/mol. The van der Waals surface area contributed by atoms with Crippen molar-refractivity contribution in [2.45, 2.75) is 607 Å². The van der Waals surface area contributed by atoms with Gasteiger partial charge in [-0.1, -0.05) is 517 Å². The molecule has 3 saturated heterocycles. The third-order valence-corrected chi connectivity index (χ3v) is 27.9. The molecular weight excluding hydrogens is 1540 g/mol. The molecule has 0 amide bonds. The summed E-state index contributed by atoms with van der Waals surface area (Å²) in [5.41, 5.74) is 4.39. The van der Waals surface area contributed by atoms with Crippen LogP contribution in [0.15, 0.2) is 0 Å². The van der Waals surface area contributed by atoms with Crippen molar-refractivity contribution >= 4 is 0 Å². The van der Waals surface area contributed by atoms with Gasteiger partial charge in [-0.05, 0) is 241 Å². The first-order valence-corrected chi connectivity index (χ1v) is 57.6. The molecule has 3 heteroatoms. The largest absolute Gasteiger partial charge is 0.381 e. The van der Waals surface area contributed by atoms with E-state index in [4.69, 9.17) is 14.2 Å². The van der Waals surface area contributed by atoms with Crippen molar-refractivity contribution in [1.29, 1.82) is 0 Å². The van der Waals surface area contributed by atoms with Gasteiger partial charge < -0.3 is 14.2 Å². The highest BCUT2D eigenvalue weighted by atomic mass is 16.5. The smallest absolute Gasteiger partial charge is 0.0545 e. The van der Waals surface area contributed by atoms with Crippen LogP contribution in [-0.2, 0) is 14.2 Å². The molecule has 784 valence electrons. The molecule has 7 aliphatic carbocycles. The number of rotatable bonds is 22. The number of hydrogen-bond acceptors (Lipinski definition) is 3. The zero-order chi connectivity index (χ0) is 102. The van der Waals surface area contributed by atoms with E-state index in [1.54, 1.807) is 0 Å². The van der Waals surface area contributed by atoms with Crippen molar-refractivity contribution in [3.63, 3.8) is 0 Å². The molecular formula is C124H270O3. The highest BCUT2D eigenvalue weighted by Gasteiger charge is 2.50. The van der Waals surface area contributed by atoms with E-state index in [1.807, 2.05) is 96.9 Å². The molecule has 3 aliphatic heterocycles. The monoisotopic (exact) mass is 1810 g/mol. The zero-order valence-electron chi connectivity index (χ0n) is 101. The molecule has 2 unspecified atom stereocenters. The lowest BCUT2D eigenvalue weighted by Crippen LogP contribution is -2.53. The van der Waals surface area contributed by atoms with Crippen molar-refractivity contribution in [3.8, 4) is 0 Å². The Labute approximate surface area is 817 Å². The molecule has 10 aliphatic rings. The molecule has 0 aromatic rings. The van der Waals surface area contributed by atoms with Crippen molar-refractivity contribution in [2.75, 3.05) is 39.6 Å². The normalized spacial score (nSPS) is 18.5. The van der Waals surface area contributed by atoms with Crippen LogP contribution in [0, 0.1) is 162 Å². The Hall–Kier alpha value is -0.120. The van der Waals surface area contributed by atoms with Crippen LogP contribution < -0.4 is 0 Å². The van der Waals surface area contributed by atoms with Gasteiger partial charge in [-0.25, -0.2) is 0 Å². The average Bonchev–Trinajstić information content (AvgIpc) is 1.76. The summed E-state index contributed by atoms with van der Waals surface area (Å²) in [5.74, 6) is 19.5. The maximum absolute atomic E-state index is 5.22. The molecule has 2 atom stereocenters. The van der Waals surface area contributed by atoms with Gasteiger partial charge in [0.05, 0.1) is 26.4 Å². The maximum Gasteiger partial charge on any atom is 0.0545 e. The van der Waals surface area contributed by atoms with Gasteiger partial charge >= 0.3 is 0 Å². The molecule has 10 rings (SSSR count). The third-order valence-electron chi connectivity index (χ3n) is 27.9. The van der Waals surface area contributed by atoms with E-state index in [0.717, 1.165) is 175 Å². The SMILES string of the molecule is CC.CC.CC.CC.CC.CC.CC.CC(C)C(C)(C)C.CC(C)C1CC1.CC(C)C1CC2(COC2)C1.CC(C)C1CCC1.CC(C)C1CCCC1.CC(C)C1CCCCC1.CC(C)C1CCOC1.CC(C)C1COC1.CC(C)CCC(C)(C)C.CC(C)CCC1(C)CC1.CCC(C)(C)CC(C)C.CCC(C)CC(C)(C)C.CCC1(CC(C)C)CC1.CCCC(C)C. The van der Waals surface area contributed by atoms with Crippen molar-refractivity contribution in [1.82, 2.24) is 0 Å². The first-order chi connectivity index (χ1) is 58.9. The minimum absolute atomic E-state index is 0.500. The van der Waals surface area contributed by atoms with E-state index in [-0.39, 0.29) is 0 Å². The molecule has 0 N–H and O–H groups in total. The Balaban J connectivity index is -0.000000126. The lowest BCUT2D eigenvalue weighted by atomic mass is 9.58. The van der Waals surface area contributed by atoms with Crippen molar-refractivity contribution < 1.29 is 14.2 Å². The number of hydrogen-bond donors (Lipinski definition) is 0. The standard InChI is InChI=1S/C9H16O.3C9H18.3C9H20.C8H16.C7H14O.C7H14.C7H16.C6H12O.C6H12.C6H14.7C2H6/c1-7(2)8-3-9(4-8)5-10-6-9;1-8(2)4-5-9(3)6-7-9;1-8(2)9-6-4-3-5-7-9;1-4-9(5-6-9)7-8(2)3;1-8(2)6-7-9(3,4)5;1-6-8(2)7-9(3,4)5;1-6-9(4,5)7-8(2)3;1-7(2)8-5-3-4-6-8;1-6(2)7-3-4-8-5-7;1-6(2)7-4-3-5-7;1-6(2)7(3,4)5;1-5(2)6-3-7-4-6;1-5(2)6-3-4-6;1-4-5-6(2)3;7*1-2/h7-8H,3-6H2,1-2H3;8H,4-7H2,1-3H3;8-9H,3-7H2,1-2H3;8H,4-7H2,1-3H3;3*8H,6-7H2,1-5H3;7-8H,3-6H2,1-2H3;6-7H,3-5H2,1-2H3;6-7H,3-5H2,1-2H3;6H,1-5H3;5-6H,3-4H2,1-2H3;5-6H,3-4H2,1-2H3;6H,4-5H2,1-3H3;7*1-2H3. The van der Waals surface area contributed by atoms with Gasteiger partial charge in [-0.2, -0.15) is 0 Å². The summed E-state index contributed by atoms with van der Waals surface area (Å²) in [6.07, 6.45) is 47.5. The first-order valence-electron chi connectivity index (χ1n) is 57.6. The Bertz CT molecular complexity index is 1960. The summed E-state index contributed by atoms with van der Waals surface area (Å²) in [5, 5.41) is 0. The molecule has 0 aromatic heterocycles. The predicted molar refractivity (Wildman–Crippen MR) is 599 cm³/mol. The molecule has 10 fully saturated rings. The van der Waals surface area contributed by atoms with Crippen LogP contribution in [-0.4, -0.2) is 39.6 Å². The topological polar surface area (TPSA) is 27.7 Å². The highest BCUT2D eigenvalue weighted by Crippen LogP contribution is 2.54. The van der Waals surface area contributed by atoms with Crippen LogP contribution >= 0.6 is 0 Å². The summed E-state index contributed by atoms with van der Waals surface area (Å²) in [4.78, 5) is 0. The van der Waals surface area contributed by atoms with Crippen LogP contribution in [0.4, 0.5) is 0 Å². The predicted octanol–water partition coefficient (Wildman–Crippen LogP) is 44.8. The van der Waals surface area contributed by atoms with Gasteiger partial charge in [0.1, 0.15) is 0 Å². The molecule has 0 bridgehead atoms. The zero-order valence-corrected chi connectivity index (χ0v) is 101. The van der Waals surface area contributed by atoms with Crippen LogP contribution in [0.2, 0.25) is 0 Å². The van der Waals surface area contributed by atoms with E-state index in [9.17, 15) is 0 Å². The molecule has 0 radical (unpaired) electrons. The Morgan fingerprint density at radius 1 is 0.323 bits per heavy atom. The minimum Gasteiger partial charge on any atom is -0.381 e. The van der Waals surface area contributed by atoms with Crippen molar-refractivity contribution in [3.05, 3.63) is 0 Å². The lowest BCUT2D eigenvalue weighted by molar-refractivity contribution is -0.185. The molecule has 127 heavy (non-hydrogen) atoms. The van der Waals surface area contributed by atoms with Gasteiger partial charge in [0.15, 0.2) is 0 Å². The van der Waals surface area contributed by atoms with Crippen LogP contribution in [0.5, 0.6) is 0 Å². The highest BCUT2D eigenvalue weighted by molar-refractivity contribution is 4.99. The number of ether oxygens (including phenoxy) is 3. The van der Waals surface area contributed by atoms with E-state index < -0.39 is 0 Å². The second-order valence-electron chi connectivity index (χ2n) is 49.0. The van der Waals surface area contributed by atoms with E-state index in [2.05, 4.69) is 298 Å². The Morgan fingerprint density at radius 3 is 0.787 bits per heavy atom. The van der Waals surface area contributed by atoms with Crippen LogP contribution in [0.25, 0.3) is 0 Å². The molecule has 0 aromatic carbocycles. The fourth-order valence-electron chi connectivity index (χ4n) is 15.7. The second kappa shape index (κ2) is 91.0. The molecule has 3 nitrogen and oxygen atoms in total. The van der Waals surface area contributed by atoms with Crippen LogP contribution in [0.1, 0.15) is 607 Å². The van der Waals surface area contributed by atoms with Gasteiger partial charge in [0.2, 0.25) is 0 Å². The van der Waals surface area contributed by atoms with Gasteiger partial charge in [-0.15, -0.1) is 0 Å². The van der Waals surface area contributed by atoms with Crippen LogP contribution in [0.3, 0.4) is 0 Å². The van der Waals surface area contributed by atoms with E-state index in [0.29, 0.717) is 27.1 Å². The summed E-state index contributed by atoms with van der Waals surface area (Å²) in [6.45, 7) is 133. The van der Waals surface area contributed by atoms with Crippen molar-refractivity contribution in [2.24, 2.45) is 162 Å². The lowest BCUT2D eigenvalue weighted by Gasteiger charge is -2.54. The maximum atomic E-state index is 5.22. The van der Waals surface area contributed by atoms with Gasteiger partial charge in [0.25, 0.3) is 0 Å². The fourth-order valence-corrected chi connectivity index (χ4v) is 15.7. The molecule has 7 saturated carbocycles. The van der Waals surface area contributed by atoms with Gasteiger partial charge in [0, 0.05) is 24.5 Å². The first kappa shape index (κ1) is 150. The molecule has 3 heterocycles. The quantitative estimate of drug-likeness (QED) is 0.108. The molecule has 1 spiro atoms. The summed E-state index contributed by atoms with van der Waals surface area (Å²) in [6, 6.07) is 0. The second-order valence-corrected chi connectivity index (χ2v) is 49.0. The minimum atomic E-state index is 0.500. The summed E-state index contributed by atoms with van der Waals surface area (Å²) in [7, 11) is 0. The third kappa shape index (κ3) is 103. The Kier molecular flexibility index (Phi) is 107. The summed E-state index contributed by atoms with van der Waals surface area (Å²) < 4.78 is 15.4.